The van der Waals surface area contributed by atoms with E-state index in [0.29, 0.717) is 44.2 Å². The molecule has 2 aliphatic heterocycles. The maximum atomic E-state index is 13.9. The van der Waals surface area contributed by atoms with Gasteiger partial charge in [-0.15, -0.1) is 0 Å². The zero-order valence-electron chi connectivity index (χ0n) is 20.8. The Labute approximate surface area is 206 Å². The maximum Gasteiger partial charge on any atom is 0.416 e. The molecule has 8 heteroatoms. The van der Waals surface area contributed by atoms with Crippen LogP contribution in [0.1, 0.15) is 70.8 Å². The third-order valence-electron chi connectivity index (χ3n) is 8.36. The summed E-state index contributed by atoms with van der Waals surface area (Å²) in [7, 11) is 0. The zero-order valence-corrected chi connectivity index (χ0v) is 20.8. The second-order valence-corrected chi connectivity index (χ2v) is 10.5. The monoisotopic (exact) mass is 494 g/mol. The fraction of sp³-hybridized carbons (Fsp3) is 0.704. The number of alkyl halides is 3. The fourth-order valence-electron chi connectivity index (χ4n) is 6.33. The van der Waals surface area contributed by atoms with E-state index < -0.39 is 29.2 Å². The number of hydrogen-bond acceptors (Lipinski definition) is 4. The lowest BCUT2D eigenvalue weighted by Gasteiger charge is -2.38. The highest BCUT2D eigenvalue weighted by atomic mass is 19.4. The first-order valence-corrected chi connectivity index (χ1v) is 13.1. The van der Waals surface area contributed by atoms with Gasteiger partial charge in [0.2, 0.25) is 5.91 Å². The Hall–Kier alpha value is -2.25. The molecule has 2 saturated heterocycles. The Morgan fingerprint density at radius 2 is 1.80 bits per heavy atom. The predicted octanol–water partition coefficient (Wildman–Crippen LogP) is 5.67. The molecule has 1 amide bonds. The van der Waals surface area contributed by atoms with Gasteiger partial charge in [-0.1, -0.05) is 39.2 Å². The van der Waals surface area contributed by atoms with Crippen LogP contribution < -0.4 is 4.90 Å². The predicted molar refractivity (Wildman–Crippen MR) is 128 cm³/mol. The van der Waals surface area contributed by atoms with Crippen molar-refractivity contribution in [2.24, 2.45) is 17.8 Å². The molecule has 3 fully saturated rings. The lowest BCUT2D eigenvalue weighted by molar-refractivity contribution is -0.155. The third-order valence-corrected chi connectivity index (χ3v) is 8.36. The van der Waals surface area contributed by atoms with Crippen LogP contribution in [0.2, 0.25) is 0 Å². The first kappa shape index (κ1) is 25.8. The minimum Gasteiger partial charge on any atom is -0.458 e. The molecule has 194 valence electrons. The largest absolute Gasteiger partial charge is 0.458 e. The standard InChI is InChI=1S/C27H37F3N2O3/c1-3-20-8-5-12-26(13-6-9-20)23(19(2)25(34)35-26)24(33)32-15-7-14-31(16-17-32)22-11-4-10-21(18-22)27(28,29)30/h4,10-11,18-20,23H,3,5-9,12-17H2,1-2H3. The van der Waals surface area contributed by atoms with E-state index in [0.717, 1.165) is 51.0 Å². The molecule has 5 nitrogen and oxygen atoms in total. The second kappa shape index (κ2) is 10.4. The van der Waals surface area contributed by atoms with Crippen LogP contribution in [-0.4, -0.2) is 48.6 Å². The van der Waals surface area contributed by atoms with E-state index in [-0.39, 0.29) is 11.9 Å². The lowest BCUT2D eigenvalue weighted by atomic mass is 9.72. The number of benzene rings is 1. The van der Waals surface area contributed by atoms with Crippen molar-refractivity contribution in [2.45, 2.75) is 77.0 Å². The lowest BCUT2D eigenvalue weighted by Crippen LogP contribution is -2.49. The van der Waals surface area contributed by atoms with Gasteiger partial charge in [-0.3, -0.25) is 9.59 Å². The number of hydrogen-bond donors (Lipinski definition) is 0. The van der Waals surface area contributed by atoms with Crippen LogP contribution in [0.4, 0.5) is 18.9 Å². The SMILES string of the molecule is CCC1CCCC2(CCC1)OC(=O)C(C)C2C(=O)N1CCCN(c2cccc(C(F)(F)F)c2)CC1. The summed E-state index contributed by atoms with van der Waals surface area (Å²) >= 11 is 0. The molecule has 2 unspecified atom stereocenters. The topological polar surface area (TPSA) is 49.9 Å². The van der Waals surface area contributed by atoms with Gasteiger partial charge in [0.05, 0.1) is 17.4 Å². The van der Waals surface area contributed by atoms with Crippen LogP contribution in [0, 0.1) is 17.8 Å². The summed E-state index contributed by atoms with van der Waals surface area (Å²) in [5.74, 6) is -0.596. The van der Waals surface area contributed by atoms with Crippen LogP contribution in [0.15, 0.2) is 24.3 Å². The Balaban J connectivity index is 1.48. The van der Waals surface area contributed by atoms with E-state index in [4.69, 9.17) is 4.74 Å². The smallest absolute Gasteiger partial charge is 0.416 e. The molecule has 1 aliphatic carbocycles. The molecular weight excluding hydrogens is 457 g/mol. The van der Waals surface area contributed by atoms with Gasteiger partial charge in [0.25, 0.3) is 0 Å². The maximum absolute atomic E-state index is 13.9. The van der Waals surface area contributed by atoms with Gasteiger partial charge in [-0.2, -0.15) is 13.2 Å². The summed E-state index contributed by atoms with van der Waals surface area (Å²) in [6.45, 7) is 5.99. The fourth-order valence-corrected chi connectivity index (χ4v) is 6.33. The molecule has 3 aliphatic rings. The number of esters is 1. The normalized spacial score (nSPS) is 30.5. The van der Waals surface area contributed by atoms with Crippen molar-refractivity contribution in [3.05, 3.63) is 29.8 Å². The molecule has 2 heterocycles. The molecular formula is C27H37F3N2O3. The minimum absolute atomic E-state index is 0.0399. The molecule has 0 radical (unpaired) electrons. The summed E-state index contributed by atoms with van der Waals surface area (Å²) in [6.07, 6.45) is 2.96. The Bertz CT molecular complexity index is 909. The molecule has 4 rings (SSSR count). The molecule has 1 aromatic carbocycles. The van der Waals surface area contributed by atoms with Crippen molar-refractivity contribution in [1.29, 1.82) is 0 Å². The average Bonchev–Trinajstić information content (AvgIpc) is 2.96. The number of amides is 1. The highest BCUT2D eigenvalue weighted by molar-refractivity contribution is 5.89. The van der Waals surface area contributed by atoms with E-state index >= 15 is 0 Å². The summed E-state index contributed by atoms with van der Waals surface area (Å²) in [6, 6.07) is 5.37. The minimum atomic E-state index is -4.39. The average molecular weight is 495 g/mol. The van der Waals surface area contributed by atoms with Crippen LogP contribution in [-0.2, 0) is 20.5 Å². The van der Waals surface area contributed by atoms with Crippen molar-refractivity contribution < 1.29 is 27.5 Å². The van der Waals surface area contributed by atoms with Gasteiger partial charge in [-0.05, 0) is 56.2 Å². The molecule has 35 heavy (non-hydrogen) atoms. The van der Waals surface area contributed by atoms with Gasteiger partial charge in [0.1, 0.15) is 5.60 Å². The van der Waals surface area contributed by atoms with Gasteiger partial charge >= 0.3 is 12.1 Å². The van der Waals surface area contributed by atoms with E-state index in [1.54, 1.807) is 13.0 Å². The highest BCUT2D eigenvalue weighted by Gasteiger charge is 2.57. The Morgan fingerprint density at radius 3 is 2.46 bits per heavy atom. The van der Waals surface area contributed by atoms with E-state index in [1.807, 2.05) is 9.80 Å². The number of nitrogens with zero attached hydrogens (tertiary/aromatic N) is 2. The summed E-state index contributed by atoms with van der Waals surface area (Å²) in [5, 5.41) is 0. The van der Waals surface area contributed by atoms with E-state index in [1.165, 1.54) is 12.1 Å². The molecule has 0 bridgehead atoms. The molecule has 0 aromatic heterocycles. The Morgan fingerprint density at radius 1 is 1.09 bits per heavy atom. The zero-order chi connectivity index (χ0) is 25.2. The first-order valence-electron chi connectivity index (χ1n) is 13.1. The van der Waals surface area contributed by atoms with Crippen molar-refractivity contribution >= 4 is 17.6 Å². The molecule has 2 atom stereocenters. The van der Waals surface area contributed by atoms with E-state index in [2.05, 4.69) is 6.92 Å². The van der Waals surface area contributed by atoms with Crippen molar-refractivity contribution in [3.63, 3.8) is 0 Å². The third kappa shape index (κ3) is 5.46. The molecule has 1 aromatic rings. The van der Waals surface area contributed by atoms with Gasteiger partial charge < -0.3 is 14.5 Å². The Kier molecular flexibility index (Phi) is 7.67. The summed E-state index contributed by atoms with van der Waals surface area (Å²) in [4.78, 5) is 30.3. The number of halogens is 3. The van der Waals surface area contributed by atoms with E-state index in [9.17, 15) is 22.8 Å². The second-order valence-electron chi connectivity index (χ2n) is 10.5. The van der Waals surface area contributed by atoms with Crippen LogP contribution in [0.3, 0.4) is 0 Å². The summed E-state index contributed by atoms with van der Waals surface area (Å²) in [5.41, 5.74) is -0.873. The highest BCUT2D eigenvalue weighted by Crippen LogP contribution is 2.47. The number of rotatable bonds is 3. The number of carbonyl (C=O) groups excluding carboxylic acids is 2. The first-order chi connectivity index (χ1) is 16.6. The number of ether oxygens (including phenoxy) is 1. The molecule has 1 saturated carbocycles. The van der Waals surface area contributed by atoms with Gasteiger partial charge in [-0.25, -0.2) is 0 Å². The number of carbonyl (C=O) groups is 2. The summed E-state index contributed by atoms with van der Waals surface area (Å²) < 4.78 is 45.5. The van der Waals surface area contributed by atoms with Crippen LogP contribution >= 0.6 is 0 Å². The van der Waals surface area contributed by atoms with Crippen LogP contribution in [0.25, 0.3) is 0 Å². The van der Waals surface area contributed by atoms with Crippen LogP contribution in [0.5, 0.6) is 0 Å². The molecule has 0 N–H and O–H groups in total. The van der Waals surface area contributed by atoms with Crippen molar-refractivity contribution in [2.75, 3.05) is 31.1 Å². The molecule has 1 spiro atoms. The van der Waals surface area contributed by atoms with Crippen molar-refractivity contribution in [1.82, 2.24) is 4.90 Å². The van der Waals surface area contributed by atoms with Gasteiger partial charge in [0.15, 0.2) is 0 Å². The van der Waals surface area contributed by atoms with Crippen molar-refractivity contribution in [3.8, 4) is 0 Å². The van der Waals surface area contributed by atoms with Gasteiger partial charge in [0, 0.05) is 31.9 Å². The number of anilines is 1. The quantitative estimate of drug-likeness (QED) is 0.508.